The minimum atomic E-state index is -0.171. The molecule has 0 unspecified atom stereocenters. The lowest BCUT2D eigenvalue weighted by Gasteiger charge is -2.16. The van der Waals surface area contributed by atoms with E-state index < -0.39 is 0 Å². The standard InChI is InChI=1S/C18H20N4O2/c1-22-15-10-19-8-7-14(15)17(21-22)20-18(24)12-5-6-13-11(9-12)3-2-4-16(13)23/h5-6,9,19H,2-4,7-8,10H2,1H3,(H,20,21,24). The molecule has 1 aliphatic heterocycles. The molecule has 24 heavy (non-hydrogen) atoms. The lowest BCUT2D eigenvalue weighted by atomic mass is 9.89. The van der Waals surface area contributed by atoms with E-state index in [0.29, 0.717) is 17.8 Å². The molecule has 0 saturated heterocycles. The van der Waals surface area contributed by atoms with Gasteiger partial charge in [0.15, 0.2) is 11.6 Å². The van der Waals surface area contributed by atoms with Crippen LogP contribution in [0, 0.1) is 0 Å². The third-order valence-corrected chi connectivity index (χ3v) is 4.87. The number of nitrogens with one attached hydrogen (secondary N) is 2. The second-order valence-electron chi connectivity index (χ2n) is 6.43. The molecule has 6 nitrogen and oxygen atoms in total. The van der Waals surface area contributed by atoms with Crippen LogP contribution in [0.1, 0.15) is 50.4 Å². The Morgan fingerprint density at radius 1 is 1.29 bits per heavy atom. The van der Waals surface area contributed by atoms with Gasteiger partial charge in [-0.3, -0.25) is 14.3 Å². The molecule has 2 aliphatic rings. The molecular formula is C18H20N4O2. The Bertz CT molecular complexity index is 838. The summed E-state index contributed by atoms with van der Waals surface area (Å²) in [5.74, 6) is 0.651. The van der Waals surface area contributed by atoms with Gasteiger partial charge in [-0.2, -0.15) is 5.10 Å². The van der Waals surface area contributed by atoms with Crippen LogP contribution in [0.3, 0.4) is 0 Å². The van der Waals surface area contributed by atoms with Crippen LogP contribution < -0.4 is 10.6 Å². The highest BCUT2D eigenvalue weighted by molar-refractivity contribution is 6.06. The van der Waals surface area contributed by atoms with Crippen LogP contribution in [0.4, 0.5) is 5.82 Å². The molecule has 0 atom stereocenters. The fraction of sp³-hybridized carbons (Fsp3) is 0.389. The number of benzene rings is 1. The second-order valence-corrected chi connectivity index (χ2v) is 6.43. The highest BCUT2D eigenvalue weighted by atomic mass is 16.1. The molecule has 2 N–H and O–H groups in total. The quantitative estimate of drug-likeness (QED) is 0.884. The van der Waals surface area contributed by atoms with Crippen LogP contribution in [0.2, 0.25) is 0 Å². The Hall–Kier alpha value is -2.47. The maximum Gasteiger partial charge on any atom is 0.256 e. The Kier molecular flexibility index (Phi) is 3.69. The summed E-state index contributed by atoms with van der Waals surface area (Å²) in [5.41, 5.74) is 4.55. The smallest absolute Gasteiger partial charge is 0.256 e. The number of carbonyl (C=O) groups excluding carboxylic acids is 2. The Labute approximate surface area is 140 Å². The zero-order valence-electron chi connectivity index (χ0n) is 13.7. The van der Waals surface area contributed by atoms with Gasteiger partial charge in [-0.15, -0.1) is 0 Å². The summed E-state index contributed by atoms with van der Waals surface area (Å²) in [4.78, 5) is 24.5. The van der Waals surface area contributed by atoms with Crippen molar-refractivity contribution >= 4 is 17.5 Å². The summed E-state index contributed by atoms with van der Waals surface area (Å²) in [6, 6.07) is 5.36. The molecule has 0 saturated carbocycles. The Balaban J connectivity index is 1.60. The largest absolute Gasteiger partial charge is 0.311 e. The predicted molar refractivity (Wildman–Crippen MR) is 90.3 cm³/mol. The topological polar surface area (TPSA) is 76.0 Å². The molecule has 124 valence electrons. The van der Waals surface area contributed by atoms with Gasteiger partial charge in [0.1, 0.15) is 0 Å². The second kappa shape index (κ2) is 5.87. The van der Waals surface area contributed by atoms with Crippen LogP contribution in [0.5, 0.6) is 0 Å². The number of anilines is 1. The Morgan fingerprint density at radius 2 is 2.17 bits per heavy atom. The number of carbonyl (C=O) groups is 2. The van der Waals surface area contributed by atoms with Gasteiger partial charge < -0.3 is 10.6 Å². The summed E-state index contributed by atoms with van der Waals surface area (Å²) >= 11 is 0. The van der Waals surface area contributed by atoms with E-state index in [1.54, 1.807) is 12.1 Å². The molecule has 0 bridgehead atoms. The first-order valence-corrected chi connectivity index (χ1v) is 8.36. The van der Waals surface area contributed by atoms with Crippen molar-refractivity contribution in [3.63, 3.8) is 0 Å². The minimum Gasteiger partial charge on any atom is -0.311 e. The van der Waals surface area contributed by atoms with Gasteiger partial charge in [0, 0.05) is 36.7 Å². The number of fused-ring (bicyclic) bond motifs is 2. The van der Waals surface area contributed by atoms with E-state index in [1.807, 2.05) is 17.8 Å². The summed E-state index contributed by atoms with van der Waals surface area (Å²) < 4.78 is 1.82. The number of amides is 1. The van der Waals surface area contributed by atoms with Crippen molar-refractivity contribution in [2.75, 3.05) is 11.9 Å². The van der Waals surface area contributed by atoms with E-state index in [0.717, 1.165) is 54.7 Å². The maximum atomic E-state index is 12.6. The van der Waals surface area contributed by atoms with Gasteiger partial charge >= 0.3 is 0 Å². The van der Waals surface area contributed by atoms with Crippen molar-refractivity contribution in [1.82, 2.24) is 15.1 Å². The van der Waals surface area contributed by atoms with Crippen molar-refractivity contribution in [3.8, 4) is 0 Å². The maximum absolute atomic E-state index is 12.6. The van der Waals surface area contributed by atoms with Crippen LogP contribution >= 0.6 is 0 Å². The first kappa shape index (κ1) is 15.1. The number of nitrogens with zero attached hydrogens (tertiary/aromatic N) is 2. The molecule has 1 aliphatic carbocycles. The predicted octanol–water partition coefficient (Wildman–Crippen LogP) is 1.84. The fourth-order valence-corrected chi connectivity index (χ4v) is 3.57. The molecule has 1 aromatic heterocycles. The van der Waals surface area contributed by atoms with Gasteiger partial charge in [0.25, 0.3) is 5.91 Å². The molecule has 2 aromatic rings. The minimum absolute atomic E-state index is 0.171. The lowest BCUT2D eigenvalue weighted by molar-refractivity contribution is 0.0969. The highest BCUT2D eigenvalue weighted by Crippen LogP contribution is 2.25. The lowest BCUT2D eigenvalue weighted by Crippen LogP contribution is -2.25. The molecule has 1 aromatic carbocycles. The molecular weight excluding hydrogens is 304 g/mol. The molecule has 4 rings (SSSR count). The van der Waals surface area contributed by atoms with Gasteiger partial charge in [0.05, 0.1) is 5.69 Å². The van der Waals surface area contributed by atoms with Crippen molar-refractivity contribution in [2.45, 2.75) is 32.2 Å². The molecule has 1 amide bonds. The third kappa shape index (κ3) is 2.53. The molecule has 0 radical (unpaired) electrons. The van der Waals surface area contributed by atoms with E-state index in [2.05, 4.69) is 15.7 Å². The average molecular weight is 324 g/mol. The number of rotatable bonds is 2. The van der Waals surface area contributed by atoms with E-state index in [-0.39, 0.29) is 11.7 Å². The zero-order chi connectivity index (χ0) is 16.7. The third-order valence-electron chi connectivity index (χ3n) is 4.87. The summed E-state index contributed by atoms with van der Waals surface area (Å²) in [5, 5.41) is 10.7. The van der Waals surface area contributed by atoms with Gasteiger partial charge in [-0.25, -0.2) is 0 Å². The SMILES string of the molecule is Cn1nc(NC(=O)c2ccc3c(c2)CCCC3=O)c2c1CNCC2. The zero-order valence-corrected chi connectivity index (χ0v) is 13.7. The van der Waals surface area contributed by atoms with Gasteiger partial charge in [-0.1, -0.05) is 6.07 Å². The molecule has 6 heteroatoms. The fourth-order valence-electron chi connectivity index (χ4n) is 3.57. The van der Waals surface area contributed by atoms with Crippen molar-refractivity contribution in [3.05, 3.63) is 46.1 Å². The van der Waals surface area contributed by atoms with Crippen LogP contribution in [0.25, 0.3) is 0 Å². The van der Waals surface area contributed by atoms with E-state index in [4.69, 9.17) is 0 Å². The number of ketones is 1. The van der Waals surface area contributed by atoms with Crippen LogP contribution in [-0.4, -0.2) is 28.0 Å². The first-order valence-electron chi connectivity index (χ1n) is 8.36. The normalized spacial score (nSPS) is 16.5. The van der Waals surface area contributed by atoms with Crippen molar-refractivity contribution < 1.29 is 9.59 Å². The average Bonchev–Trinajstić information content (AvgIpc) is 2.91. The first-order chi connectivity index (χ1) is 11.6. The van der Waals surface area contributed by atoms with Crippen LogP contribution in [0.15, 0.2) is 18.2 Å². The summed E-state index contributed by atoms with van der Waals surface area (Å²) in [6.07, 6.45) is 3.18. The van der Waals surface area contributed by atoms with Crippen LogP contribution in [-0.2, 0) is 26.4 Å². The van der Waals surface area contributed by atoms with Crippen molar-refractivity contribution in [1.29, 1.82) is 0 Å². The summed E-state index contributed by atoms with van der Waals surface area (Å²) in [7, 11) is 1.89. The molecule has 0 fully saturated rings. The van der Waals surface area contributed by atoms with Gasteiger partial charge in [-0.05, 0) is 43.5 Å². The van der Waals surface area contributed by atoms with Gasteiger partial charge in [0.2, 0.25) is 0 Å². The number of hydrogen-bond donors (Lipinski definition) is 2. The number of Topliss-reactive ketones (excluding diaryl/α,β-unsaturated/α-hetero) is 1. The monoisotopic (exact) mass is 324 g/mol. The molecule has 0 spiro atoms. The van der Waals surface area contributed by atoms with Crippen molar-refractivity contribution in [2.24, 2.45) is 7.05 Å². The number of aromatic nitrogens is 2. The Morgan fingerprint density at radius 3 is 3.04 bits per heavy atom. The number of hydrogen-bond acceptors (Lipinski definition) is 4. The summed E-state index contributed by atoms with van der Waals surface area (Å²) in [6.45, 7) is 1.66. The van der Waals surface area contributed by atoms with E-state index in [9.17, 15) is 9.59 Å². The highest BCUT2D eigenvalue weighted by Gasteiger charge is 2.22. The van der Waals surface area contributed by atoms with E-state index >= 15 is 0 Å². The molecule has 2 heterocycles. The number of aryl methyl sites for hydroxylation is 2. The van der Waals surface area contributed by atoms with E-state index in [1.165, 1.54) is 0 Å².